The molecular formula is C17H26N2O4. The van der Waals surface area contributed by atoms with Crippen LogP contribution in [-0.4, -0.2) is 46.9 Å². The third-order valence-electron chi connectivity index (χ3n) is 3.70. The third-order valence-corrected chi connectivity index (χ3v) is 3.70. The molecule has 0 bridgehead atoms. The number of amides is 2. The van der Waals surface area contributed by atoms with Gasteiger partial charge in [0.1, 0.15) is 0 Å². The van der Waals surface area contributed by atoms with Crippen LogP contribution in [0.5, 0.6) is 0 Å². The number of hydrogen-bond donors (Lipinski definition) is 3. The first-order chi connectivity index (χ1) is 11.1. The first-order valence-electron chi connectivity index (χ1n) is 7.96. The van der Waals surface area contributed by atoms with Crippen molar-refractivity contribution in [2.24, 2.45) is 5.92 Å². The summed E-state index contributed by atoms with van der Waals surface area (Å²) in [4.78, 5) is 22.9. The molecule has 1 rings (SSSR count). The quantitative estimate of drug-likeness (QED) is 0.326. The van der Waals surface area contributed by atoms with Crippen LogP contribution in [-0.2, 0) is 16.0 Å². The number of unbranched alkanes of at least 4 members (excludes halogenated alkanes) is 1. The van der Waals surface area contributed by atoms with Crippen LogP contribution in [0.1, 0.15) is 31.7 Å². The third kappa shape index (κ3) is 7.25. The molecule has 6 heteroatoms. The number of nitrogens with zero attached hydrogens (tertiary/aromatic N) is 1. The molecule has 0 aliphatic heterocycles. The number of rotatable bonds is 11. The first-order valence-corrected chi connectivity index (χ1v) is 7.96. The van der Waals surface area contributed by atoms with E-state index in [-0.39, 0.29) is 19.1 Å². The summed E-state index contributed by atoms with van der Waals surface area (Å²) in [7, 11) is 0. The van der Waals surface area contributed by atoms with Gasteiger partial charge in [0.2, 0.25) is 12.3 Å². The fourth-order valence-corrected chi connectivity index (χ4v) is 2.40. The summed E-state index contributed by atoms with van der Waals surface area (Å²) in [6, 6.07) is 9.20. The highest BCUT2D eigenvalue weighted by molar-refractivity contribution is 5.79. The van der Waals surface area contributed by atoms with Crippen molar-refractivity contribution in [2.75, 3.05) is 13.2 Å². The van der Waals surface area contributed by atoms with Gasteiger partial charge in [0, 0.05) is 0 Å². The Kier molecular flexibility index (Phi) is 8.94. The second kappa shape index (κ2) is 10.7. The summed E-state index contributed by atoms with van der Waals surface area (Å²) in [6.07, 6.45) is 3.15. The topological polar surface area (TPSA) is 89.9 Å². The number of carbonyl (C=O) groups is 2. The number of benzene rings is 1. The van der Waals surface area contributed by atoms with Crippen molar-refractivity contribution in [2.45, 2.75) is 38.6 Å². The molecule has 0 radical (unpaired) electrons. The van der Waals surface area contributed by atoms with Crippen LogP contribution in [0, 0.1) is 5.92 Å². The number of hydrogen-bond acceptors (Lipinski definition) is 4. The van der Waals surface area contributed by atoms with Crippen molar-refractivity contribution >= 4 is 12.3 Å². The van der Waals surface area contributed by atoms with Gasteiger partial charge >= 0.3 is 0 Å². The Hall–Kier alpha value is -1.92. The Balaban J connectivity index is 2.63. The number of carbonyl (C=O) groups excluding carboxylic acids is 2. The summed E-state index contributed by atoms with van der Waals surface area (Å²) in [5.74, 6) is -0.746. The normalized spacial score (nSPS) is 13.2. The van der Waals surface area contributed by atoms with E-state index in [2.05, 4.69) is 5.32 Å². The lowest BCUT2D eigenvalue weighted by Crippen LogP contribution is -2.45. The molecule has 0 aliphatic carbocycles. The zero-order valence-corrected chi connectivity index (χ0v) is 13.5. The van der Waals surface area contributed by atoms with E-state index in [1.165, 1.54) is 0 Å². The van der Waals surface area contributed by atoms with E-state index in [1.54, 1.807) is 0 Å². The number of aliphatic hydroxyl groups excluding tert-OH is 1. The molecule has 0 aliphatic rings. The van der Waals surface area contributed by atoms with Crippen molar-refractivity contribution in [3.05, 3.63) is 35.9 Å². The van der Waals surface area contributed by atoms with Crippen LogP contribution >= 0.6 is 0 Å². The summed E-state index contributed by atoms with van der Waals surface area (Å²) < 4.78 is 0. The second-order valence-electron chi connectivity index (χ2n) is 5.64. The first kappa shape index (κ1) is 19.1. The molecule has 0 heterocycles. The second-order valence-corrected chi connectivity index (χ2v) is 5.64. The number of aliphatic hydroxyl groups is 1. The average Bonchev–Trinajstić information content (AvgIpc) is 2.58. The predicted molar refractivity (Wildman–Crippen MR) is 86.7 cm³/mol. The Morgan fingerprint density at radius 3 is 2.61 bits per heavy atom. The van der Waals surface area contributed by atoms with Crippen LogP contribution in [0.2, 0.25) is 0 Å². The zero-order chi connectivity index (χ0) is 17.1. The van der Waals surface area contributed by atoms with E-state index in [4.69, 9.17) is 0 Å². The summed E-state index contributed by atoms with van der Waals surface area (Å²) in [5, 5.41) is 22.1. The van der Waals surface area contributed by atoms with Crippen LogP contribution in [0.4, 0.5) is 0 Å². The van der Waals surface area contributed by atoms with Crippen LogP contribution in [0.25, 0.3) is 0 Å². The zero-order valence-electron chi connectivity index (χ0n) is 13.5. The maximum Gasteiger partial charge on any atom is 0.233 e. The van der Waals surface area contributed by atoms with Gasteiger partial charge in [-0.1, -0.05) is 50.1 Å². The van der Waals surface area contributed by atoms with E-state index < -0.39 is 12.0 Å². The molecule has 0 fully saturated rings. The van der Waals surface area contributed by atoms with Crippen LogP contribution in [0.3, 0.4) is 0 Å². The van der Waals surface area contributed by atoms with E-state index in [9.17, 15) is 19.9 Å². The molecule has 0 spiro atoms. The molecule has 128 valence electrons. The molecule has 1 aromatic rings. The lowest BCUT2D eigenvalue weighted by Gasteiger charge is -2.23. The molecule has 0 saturated heterocycles. The molecule has 0 aromatic heterocycles. The molecule has 23 heavy (non-hydrogen) atoms. The summed E-state index contributed by atoms with van der Waals surface area (Å²) >= 11 is 0. The molecule has 1 aromatic carbocycles. The highest BCUT2D eigenvalue weighted by Crippen LogP contribution is 2.11. The van der Waals surface area contributed by atoms with Gasteiger partial charge in [-0.2, -0.15) is 0 Å². The summed E-state index contributed by atoms with van der Waals surface area (Å²) in [5.41, 5.74) is 1.02. The van der Waals surface area contributed by atoms with Gasteiger partial charge in [0.25, 0.3) is 0 Å². The average molecular weight is 322 g/mol. The largest absolute Gasteiger partial charge is 0.394 e. The van der Waals surface area contributed by atoms with Gasteiger partial charge < -0.3 is 10.4 Å². The van der Waals surface area contributed by atoms with E-state index in [0.29, 0.717) is 24.3 Å². The van der Waals surface area contributed by atoms with Gasteiger partial charge in [-0.05, 0) is 18.4 Å². The lowest BCUT2D eigenvalue weighted by molar-refractivity contribution is -0.154. The minimum Gasteiger partial charge on any atom is -0.394 e. The van der Waals surface area contributed by atoms with Gasteiger partial charge in [-0.15, -0.1) is 0 Å². The predicted octanol–water partition coefficient (Wildman–Crippen LogP) is 1.36. The van der Waals surface area contributed by atoms with Crippen molar-refractivity contribution in [1.82, 2.24) is 10.4 Å². The Labute approximate surface area is 137 Å². The molecule has 2 amide bonds. The number of hydroxylamine groups is 2. The highest BCUT2D eigenvalue weighted by Gasteiger charge is 2.23. The minimum atomic E-state index is -0.491. The Bertz CT molecular complexity index is 467. The number of nitrogens with one attached hydrogen (secondary N) is 1. The minimum absolute atomic E-state index is 0.0428. The smallest absolute Gasteiger partial charge is 0.233 e. The molecule has 2 atom stereocenters. The maximum atomic E-state index is 12.4. The van der Waals surface area contributed by atoms with Crippen LogP contribution < -0.4 is 5.32 Å². The van der Waals surface area contributed by atoms with E-state index >= 15 is 0 Å². The van der Waals surface area contributed by atoms with Crippen LogP contribution in [0.15, 0.2) is 30.3 Å². The van der Waals surface area contributed by atoms with Crippen molar-refractivity contribution in [3.8, 4) is 0 Å². The fraction of sp³-hybridized carbons (Fsp3) is 0.529. The van der Waals surface area contributed by atoms with E-state index in [1.807, 2.05) is 37.3 Å². The fourth-order valence-electron chi connectivity index (χ4n) is 2.40. The lowest BCUT2D eigenvalue weighted by atomic mass is 9.99. The Morgan fingerprint density at radius 1 is 1.35 bits per heavy atom. The molecular weight excluding hydrogens is 296 g/mol. The van der Waals surface area contributed by atoms with Gasteiger partial charge in [0.05, 0.1) is 25.1 Å². The SMILES string of the molecule is CCCCC(CN(O)C=O)C(=O)N[C@H](CO)Cc1ccccc1. The van der Waals surface area contributed by atoms with Gasteiger partial charge in [-0.25, -0.2) is 5.06 Å². The summed E-state index contributed by atoms with van der Waals surface area (Å²) in [6.45, 7) is 1.80. The maximum absolute atomic E-state index is 12.4. The van der Waals surface area contributed by atoms with Gasteiger partial charge in [-0.3, -0.25) is 14.8 Å². The van der Waals surface area contributed by atoms with Gasteiger partial charge in [0.15, 0.2) is 0 Å². The monoisotopic (exact) mass is 322 g/mol. The molecule has 6 nitrogen and oxygen atoms in total. The molecule has 1 unspecified atom stereocenters. The standard InChI is InChI=1S/C17H26N2O4/c1-2-3-9-15(11-19(23)13-21)17(22)18-16(12-20)10-14-7-5-4-6-8-14/h4-8,13,15-16,20,23H,2-3,9-12H2,1H3,(H,18,22)/t15?,16-/m0/s1. The Morgan fingerprint density at radius 2 is 2.04 bits per heavy atom. The van der Waals surface area contributed by atoms with Crippen molar-refractivity contribution in [3.63, 3.8) is 0 Å². The van der Waals surface area contributed by atoms with E-state index in [0.717, 1.165) is 18.4 Å². The molecule has 3 N–H and O–H groups in total. The van der Waals surface area contributed by atoms with Crippen molar-refractivity contribution < 1.29 is 19.9 Å². The molecule has 0 saturated carbocycles. The van der Waals surface area contributed by atoms with Crippen molar-refractivity contribution in [1.29, 1.82) is 0 Å². The highest BCUT2D eigenvalue weighted by atomic mass is 16.5.